The lowest BCUT2D eigenvalue weighted by atomic mass is 9.88. The fraction of sp³-hybridized carbons (Fsp3) is 0.500. The van der Waals surface area contributed by atoms with E-state index in [-0.39, 0.29) is 0 Å². The van der Waals surface area contributed by atoms with Crippen LogP contribution in [0.4, 0.5) is 0 Å². The normalized spacial score (nSPS) is 23.1. The Balaban J connectivity index is 1.41. The minimum atomic E-state index is 0.438. The van der Waals surface area contributed by atoms with Crippen LogP contribution in [0.1, 0.15) is 30.6 Å². The van der Waals surface area contributed by atoms with E-state index in [1.54, 1.807) is 6.26 Å². The summed E-state index contributed by atoms with van der Waals surface area (Å²) in [5.74, 6) is 2.64. The molecule has 2 aliphatic rings. The maximum absolute atomic E-state index is 5.97. The van der Waals surface area contributed by atoms with Gasteiger partial charge in [-0.1, -0.05) is 30.3 Å². The molecule has 0 saturated carbocycles. The van der Waals surface area contributed by atoms with Gasteiger partial charge in [-0.05, 0) is 37.0 Å². The number of fused-ring (bicyclic) bond motifs is 1. The zero-order chi connectivity index (χ0) is 18.3. The number of hydrogen-bond donors (Lipinski definition) is 1. The molecule has 2 aliphatic heterocycles. The Morgan fingerprint density at radius 3 is 2.93 bits per heavy atom. The van der Waals surface area contributed by atoms with Crippen molar-refractivity contribution < 1.29 is 9.15 Å². The smallest absolute Gasteiger partial charge is 0.194 e. The fourth-order valence-electron chi connectivity index (χ4n) is 4.05. The van der Waals surface area contributed by atoms with Crippen LogP contribution in [0.3, 0.4) is 0 Å². The summed E-state index contributed by atoms with van der Waals surface area (Å²) < 4.78 is 11.4. The molecule has 2 atom stereocenters. The summed E-state index contributed by atoms with van der Waals surface area (Å²) in [7, 11) is 0. The molecule has 0 aliphatic carbocycles. The van der Waals surface area contributed by atoms with E-state index < -0.39 is 0 Å². The molecule has 27 heavy (non-hydrogen) atoms. The van der Waals surface area contributed by atoms with E-state index in [0.717, 1.165) is 50.8 Å². The van der Waals surface area contributed by atoms with Gasteiger partial charge >= 0.3 is 0 Å². The molecule has 144 valence electrons. The van der Waals surface area contributed by atoms with Crippen LogP contribution in [-0.2, 0) is 17.7 Å². The maximum atomic E-state index is 5.97. The molecule has 0 radical (unpaired) electrons. The van der Waals surface area contributed by atoms with Gasteiger partial charge in [0.1, 0.15) is 5.76 Å². The van der Waals surface area contributed by atoms with Crippen molar-refractivity contribution in [2.75, 3.05) is 26.2 Å². The van der Waals surface area contributed by atoms with E-state index in [1.807, 2.05) is 18.2 Å². The van der Waals surface area contributed by atoms with E-state index in [2.05, 4.69) is 34.5 Å². The highest BCUT2D eigenvalue weighted by molar-refractivity contribution is 5.80. The first-order valence-corrected chi connectivity index (χ1v) is 10.1. The number of nitrogens with one attached hydrogen (secondary N) is 1. The fourth-order valence-corrected chi connectivity index (χ4v) is 4.05. The van der Waals surface area contributed by atoms with Crippen molar-refractivity contribution in [2.24, 2.45) is 10.9 Å². The van der Waals surface area contributed by atoms with Crippen LogP contribution >= 0.6 is 0 Å². The van der Waals surface area contributed by atoms with E-state index >= 15 is 0 Å². The second-order valence-corrected chi connectivity index (χ2v) is 7.43. The van der Waals surface area contributed by atoms with E-state index in [1.165, 1.54) is 18.4 Å². The average Bonchev–Trinajstić information content (AvgIpc) is 3.24. The first kappa shape index (κ1) is 18.1. The summed E-state index contributed by atoms with van der Waals surface area (Å²) in [5, 5.41) is 3.57. The van der Waals surface area contributed by atoms with Crippen LogP contribution in [0.5, 0.6) is 0 Å². The Bertz CT molecular complexity index is 714. The molecule has 2 fully saturated rings. The Morgan fingerprint density at radius 1 is 1.15 bits per heavy atom. The number of hydrogen-bond acceptors (Lipinski definition) is 3. The predicted molar refractivity (Wildman–Crippen MR) is 107 cm³/mol. The number of piperidine rings is 1. The van der Waals surface area contributed by atoms with Gasteiger partial charge in [-0.2, -0.15) is 0 Å². The molecule has 4 rings (SSSR count). The van der Waals surface area contributed by atoms with Crippen molar-refractivity contribution in [2.45, 2.75) is 38.3 Å². The van der Waals surface area contributed by atoms with E-state index in [9.17, 15) is 0 Å². The highest BCUT2D eigenvalue weighted by Gasteiger charge is 2.33. The van der Waals surface area contributed by atoms with Crippen LogP contribution in [0, 0.1) is 5.92 Å². The van der Waals surface area contributed by atoms with Gasteiger partial charge in [0.2, 0.25) is 0 Å². The highest BCUT2D eigenvalue weighted by Crippen LogP contribution is 2.28. The molecule has 0 amide bonds. The van der Waals surface area contributed by atoms with Gasteiger partial charge in [0.15, 0.2) is 5.96 Å². The molecular weight excluding hydrogens is 338 g/mol. The lowest BCUT2D eigenvalue weighted by Gasteiger charge is -2.42. The van der Waals surface area contributed by atoms with E-state index in [4.69, 9.17) is 14.1 Å². The van der Waals surface area contributed by atoms with Gasteiger partial charge in [-0.15, -0.1) is 0 Å². The number of rotatable bonds is 5. The molecular formula is C22H29N3O2. The van der Waals surface area contributed by atoms with Gasteiger partial charge < -0.3 is 19.4 Å². The number of aliphatic imine (C=N–C) groups is 1. The number of guanidine groups is 1. The van der Waals surface area contributed by atoms with Crippen molar-refractivity contribution >= 4 is 5.96 Å². The second-order valence-electron chi connectivity index (χ2n) is 7.43. The lowest BCUT2D eigenvalue weighted by Crippen LogP contribution is -2.52. The zero-order valence-corrected chi connectivity index (χ0v) is 15.8. The van der Waals surface area contributed by atoms with Crippen molar-refractivity contribution in [1.82, 2.24) is 10.2 Å². The number of nitrogens with zero attached hydrogens (tertiary/aromatic N) is 2. The van der Waals surface area contributed by atoms with Crippen LogP contribution < -0.4 is 5.32 Å². The molecule has 2 saturated heterocycles. The number of benzene rings is 1. The van der Waals surface area contributed by atoms with Crippen molar-refractivity contribution in [3.05, 3.63) is 60.1 Å². The standard InChI is InChI=1S/C22H29N3O2/c1-2-6-18(7-3-1)16-24-22(23-12-10-20-9-5-14-26-20)25-13-11-21-19(17-25)8-4-15-27-21/h1-3,5-7,9,14,19,21H,4,8,10-13,15-17H2,(H,23,24). The maximum Gasteiger partial charge on any atom is 0.194 e. The van der Waals surface area contributed by atoms with Gasteiger partial charge in [-0.3, -0.25) is 0 Å². The number of furan rings is 1. The predicted octanol–water partition coefficient (Wildman–Crippen LogP) is 3.47. The summed E-state index contributed by atoms with van der Waals surface area (Å²) in [4.78, 5) is 7.35. The summed E-state index contributed by atoms with van der Waals surface area (Å²) in [6.07, 6.45) is 6.56. The van der Waals surface area contributed by atoms with Crippen LogP contribution in [0.25, 0.3) is 0 Å². The molecule has 3 heterocycles. The monoisotopic (exact) mass is 367 g/mol. The third-order valence-electron chi connectivity index (χ3n) is 5.50. The molecule has 5 heteroatoms. The van der Waals surface area contributed by atoms with Gasteiger partial charge in [0.25, 0.3) is 0 Å². The van der Waals surface area contributed by atoms with Gasteiger partial charge in [0.05, 0.1) is 18.9 Å². The summed E-state index contributed by atoms with van der Waals surface area (Å²) >= 11 is 0. The van der Waals surface area contributed by atoms with Crippen molar-refractivity contribution in [1.29, 1.82) is 0 Å². The van der Waals surface area contributed by atoms with Crippen LogP contribution in [0.2, 0.25) is 0 Å². The minimum absolute atomic E-state index is 0.438. The molecule has 1 aromatic heterocycles. The van der Waals surface area contributed by atoms with Crippen molar-refractivity contribution in [3.8, 4) is 0 Å². The molecule has 5 nitrogen and oxygen atoms in total. The zero-order valence-electron chi connectivity index (χ0n) is 15.8. The summed E-state index contributed by atoms with van der Waals surface area (Å²) in [6.45, 7) is 4.49. The van der Waals surface area contributed by atoms with Gasteiger partial charge in [0, 0.05) is 38.6 Å². The van der Waals surface area contributed by atoms with Crippen LogP contribution in [-0.4, -0.2) is 43.2 Å². The lowest BCUT2D eigenvalue weighted by molar-refractivity contribution is -0.0559. The number of ether oxygens (including phenoxy) is 1. The second kappa shape index (κ2) is 9.09. The quantitative estimate of drug-likeness (QED) is 0.649. The molecule has 0 spiro atoms. The molecule has 1 N–H and O–H groups in total. The first-order chi connectivity index (χ1) is 13.4. The Labute approximate surface area is 161 Å². The largest absolute Gasteiger partial charge is 0.469 e. The summed E-state index contributed by atoms with van der Waals surface area (Å²) in [6, 6.07) is 14.4. The molecule has 1 aromatic carbocycles. The Hall–Kier alpha value is -2.27. The molecule has 2 aromatic rings. The topological polar surface area (TPSA) is 50.0 Å². The Morgan fingerprint density at radius 2 is 2.07 bits per heavy atom. The summed E-state index contributed by atoms with van der Waals surface area (Å²) in [5.41, 5.74) is 1.23. The van der Waals surface area contributed by atoms with Crippen molar-refractivity contribution in [3.63, 3.8) is 0 Å². The van der Waals surface area contributed by atoms with Gasteiger partial charge in [-0.25, -0.2) is 4.99 Å². The molecule has 2 unspecified atom stereocenters. The SMILES string of the molecule is c1ccc(CN=C(NCCc2ccco2)N2CCC3OCCCC3C2)cc1. The number of likely N-dealkylation sites (tertiary alicyclic amines) is 1. The first-order valence-electron chi connectivity index (χ1n) is 10.1. The molecule has 0 bridgehead atoms. The third-order valence-corrected chi connectivity index (χ3v) is 5.50. The Kier molecular flexibility index (Phi) is 6.10. The highest BCUT2D eigenvalue weighted by atomic mass is 16.5. The minimum Gasteiger partial charge on any atom is -0.469 e. The average molecular weight is 367 g/mol. The third kappa shape index (κ3) is 4.92. The van der Waals surface area contributed by atoms with Crippen LogP contribution in [0.15, 0.2) is 58.1 Å². The van der Waals surface area contributed by atoms with E-state index in [0.29, 0.717) is 18.6 Å².